The molecule has 0 amide bonds. The van der Waals surface area contributed by atoms with Crippen molar-refractivity contribution in [1.29, 1.82) is 5.26 Å². The van der Waals surface area contributed by atoms with Gasteiger partial charge < -0.3 is 14.5 Å². The van der Waals surface area contributed by atoms with Crippen LogP contribution in [0, 0.1) is 22.7 Å². The van der Waals surface area contributed by atoms with Crippen LogP contribution in [0.5, 0.6) is 5.75 Å². The number of likely N-dealkylation sites (tertiary alicyclic amines) is 1. The SMILES string of the molecule is COC(=O)C1(Cc2ccccc2OC(F)(F)F)CCN(Cc2cnc[nH]2)CC1Cc1ccc(C#N)cc1. The third-order valence-electron chi connectivity index (χ3n) is 6.94. The van der Waals surface area contributed by atoms with Crippen molar-refractivity contribution < 1.29 is 27.4 Å². The van der Waals surface area contributed by atoms with Gasteiger partial charge in [0.2, 0.25) is 0 Å². The molecule has 0 saturated carbocycles. The number of nitrogens with one attached hydrogen (secondary N) is 1. The number of benzene rings is 2. The highest BCUT2D eigenvalue weighted by Crippen LogP contribution is 2.45. The van der Waals surface area contributed by atoms with Crippen molar-refractivity contribution in [3.63, 3.8) is 0 Å². The Morgan fingerprint density at radius 3 is 2.65 bits per heavy atom. The first-order chi connectivity index (χ1) is 17.7. The number of nitriles is 1. The summed E-state index contributed by atoms with van der Waals surface area (Å²) in [6, 6.07) is 15.1. The molecule has 1 aromatic heterocycles. The molecule has 0 bridgehead atoms. The molecular formula is C27H27F3N4O3. The predicted molar refractivity (Wildman–Crippen MR) is 128 cm³/mol. The predicted octanol–water partition coefficient (Wildman–Crippen LogP) is 4.65. The molecule has 194 valence electrons. The minimum atomic E-state index is -4.86. The van der Waals surface area contributed by atoms with Crippen molar-refractivity contribution in [3.05, 3.63) is 83.4 Å². The average Bonchev–Trinajstić information content (AvgIpc) is 3.39. The number of alkyl halides is 3. The number of hydrogen-bond donors (Lipinski definition) is 1. The number of para-hydroxylation sites is 1. The summed E-state index contributed by atoms with van der Waals surface area (Å²) in [6.07, 6.45) is -0.626. The second kappa shape index (κ2) is 11.0. The van der Waals surface area contributed by atoms with Gasteiger partial charge in [-0.1, -0.05) is 30.3 Å². The monoisotopic (exact) mass is 512 g/mol. The number of imidazole rings is 1. The summed E-state index contributed by atoms with van der Waals surface area (Å²) in [6.45, 7) is 1.64. The van der Waals surface area contributed by atoms with Gasteiger partial charge in [0.25, 0.3) is 0 Å². The number of aromatic amines is 1. The van der Waals surface area contributed by atoms with Crippen LogP contribution in [0.25, 0.3) is 0 Å². The van der Waals surface area contributed by atoms with Gasteiger partial charge in [0.15, 0.2) is 0 Å². The minimum Gasteiger partial charge on any atom is -0.469 e. The van der Waals surface area contributed by atoms with Gasteiger partial charge >= 0.3 is 12.3 Å². The Balaban J connectivity index is 1.70. The van der Waals surface area contributed by atoms with Gasteiger partial charge in [-0.3, -0.25) is 9.69 Å². The normalized spacial score (nSPS) is 20.2. The molecule has 37 heavy (non-hydrogen) atoms. The topological polar surface area (TPSA) is 91.2 Å². The molecule has 2 heterocycles. The smallest absolute Gasteiger partial charge is 0.469 e. The van der Waals surface area contributed by atoms with Gasteiger partial charge in [0.05, 0.1) is 30.5 Å². The lowest BCUT2D eigenvalue weighted by atomic mass is 9.64. The van der Waals surface area contributed by atoms with Crippen LogP contribution in [-0.2, 0) is 28.9 Å². The van der Waals surface area contributed by atoms with Crippen LogP contribution < -0.4 is 4.74 Å². The van der Waals surface area contributed by atoms with Gasteiger partial charge in [-0.2, -0.15) is 5.26 Å². The van der Waals surface area contributed by atoms with Crippen LogP contribution >= 0.6 is 0 Å². The number of carbonyl (C=O) groups is 1. The standard InChI is InChI=1S/C27H27F3N4O3/c1-36-25(35)26(13-21-4-2-3-5-24(21)37-27(28,29)30)10-11-34(17-23-15-32-18-33-23)16-22(26)12-19-6-8-20(14-31)9-7-19/h2-9,15,18,22H,10-13,16-17H2,1H3,(H,32,33). The third-order valence-corrected chi connectivity index (χ3v) is 6.94. The Morgan fingerprint density at radius 2 is 2.00 bits per heavy atom. The summed E-state index contributed by atoms with van der Waals surface area (Å²) in [7, 11) is 1.30. The number of aromatic nitrogens is 2. The number of nitrogens with zero attached hydrogens (tertiary/aromatic N) is 3. The highest BCUT2D eigenvalue weighted by molar-refractivity contribution is 5.78. The lowest BCUT2D eigenvalue weighted by Crippen LogP contribution is -2.53. The fourth-order valence-electron chi connectivity index (χ4n) is 5.15. The Kier molecular flexibility index (Phi) is 7.83. The first-order valence-corrected chi connectivity index (χ1v) is 11.8. The first kappa shape index (κ1) is 26.2. The zero-order chi connectivity index (χ0) is 26.5. The number of halogens is 3. The zero-order valence-corrected chi connectivity index (χ0v) is 20.3. The number of H-pyrrole nitrogens is 1. The molecule has 4 rings (SSSR count). The van der Waals surface area contributed by atoms with E-state index in [0.717, 1.165) is 11.3 Å². The summed E-state index contributed by atoms with van der Waals surface area (Å²) in [4.78, 5) is 22.8. The highest BCUT2D eigenvalue weighted by Gasteiger charge is 2.50. The molecule has 1 N–H and O–H groups in total. The van der Waals surface area contributed by atoms with E-state index in [1.165, 1.54) is 19.2 Å². The van der Waals surface area contributed by atoms with E-state index < -0.39 is 17.7 Å². The number of esters is 1. The number of ether oxygens (including phenoxy) is 2. The first-order valence-electron chi connectivity index (χ1n) is 11.8. The van der Waals surface area contributed by atoms with Gasteiger partial charge in [-0.05, 0) is 61.1 Å². The molecule has 7 nitrogen and oxygen atoms in total. The number of rotatable bonds is 8. The number of methoxy groups -OCH3 is 1. The zero-order valence-electron chi connectivity index (χ0n) is 20.3. The maximum Gasteiger partial charge on any atom is 0.573 e. The Labute approximate surface area is 212 Å². The molecule has 1 saturated heterocycles. The molecule has 2 unspecified atom stereocenters. The third kappa shape index (κ3) is 6.30. The minimum absolute atomic E-state index is 0.0325. The second-order valence-electron chi connectivity index (χ2n) is 9.25. The average molecular weight is 513 g/mol. The van der Waals surface area contributed by atoms with Crippen LogP contribution in [0.2, 0.25) is 0 Å². The summed E-state index contributed by atoms with van der Waals surface area (Å²) >= 11 is 0. The maximum atomic E-state index is 13.5. The largest absolute Gasteiger partial charge is 0.573 e. The maximum absolute atomic E-state index is 13.5. The van der Waals surface area contributed by atoms with Gasteiger partial charge in [-0.15, -0.1) is 13.2 Å². The molecule has 0 spiro atoms. The molecular weight excluding hydrogens is 485 g/mol. The second-order valence-corrected chi connectivity index (χ2v) is 9.25. The van der Waals surface area contributed by atoms with Gasteiger partial charge in [-0.25, -0.2) is 4.98 Å². The van der Waals surface area contributed by atoms with E-state index in [1.807, 2.05) is 12.1 Å². The fraction of sp³-hybridized carbons (Fsp3) is 0.370. The molecule has 3 aromatic rings. The summed E-state index contributed by atoms with van der Waals surface area (Å²) in [5.41, 5.74) is 1.56. The van der Waals surface area contributed by atoms with Crippen LogP contribution in [0.4, 0.5) is 13.2 Å². The molecule has 0 aliphatic carbocycles. The summed E-state index contributed by atoms with van der Waals surface area (Å²) in [5.74, 6) is -1.08. The van der Waals surface area contributed by atoms with Crippen molar-refractivity contribution in [2.45, 2.75) is 32.2 Å². The lowest BCUT2D eigenvalue weighted by Gasteiger charge is -2.46. The number of carbonyl (C=O) groups excluding carboxylic acids is 1. The lowest BCUT2D eigenvalue weighted by molar-refractivity contribution is -0.275. The van der Waals surface area contributed by atoms with E-state index >= 15 is 0 Å². The van der Waals surface area contributed by atoms with Crippen LogP contribution in [0.3, 0.4) is 0 Å². The van der Waals surface area contributed by atoms with Crippen LogP contribution in [-0.4, -0.2) is 47.4 Å². The Morgan fingerprint density at radius 1 is 1.24 bits per heavy atom. The van der Waals surface area contributed by atoms with E-state index in [-0.39, 0.29) is 23.7 Å². The summed E-state index contributed by atoms with van der Waals surface area (Å²) < 4.78 is 48.9. The highest BCUT2D eigenvalue weighted by atomic mass is 19.4. The van der Waals surface area contributed by atoms with E-state index in [0.29, 0.717) is 38.0 Å². The van der Waals surface area contributed by atoms with Crippen LogP contribution in [0.15, 0.2) is 61.1 Å². The molecule has 10 heteroatoms. The molecule has 1 aliphatic heterocycles. The molecule has 1 aliphatic rings. The Bertz CT molecular complexity index is 1240. The van der Waals surface area contributed by atoms with Gasteiger partial charge in [0.1, 0.15) is 5.75 Å². The van der Waals surface area contributed by atoms with Crippen molar-refractivity contribution in [2.75, 3.05) is 20.2 Å². The molecule has 2 aromatic carbocycles. The van der Waals surface area contributed by atoms with Crippen molar-refractivity contribution in [1.82, 2.24) is 14.9 Å². The fourth-order valence-corrected chi connectivity index (χ4v) is 5.15. The van der Waals surface area contributed by atoms with Crippen molar-refractivity contribution in [2.24, 2.45) is 11.3 Å². The number of piperidine rings is 1. The number of hydrogen-bond acceptors (Lipinski definition) is 6. The van der Waals surface area contributed by atoms with E-state index in [1.54, 1.807) is 36.8 Å². The molecule has 0 radical (unpaired) electrons. The molecule has 1 fully saturated rings. The van der Waals surface area contributed by atoms with E-state index in [2.05, 4.69) is 25.7 Å². The molecule has 2 atom stereocenters. The van der Waals surface area contributed by atoms with Gasteiger partial charge in [0, 0.05) is 25.0 Å². The quantitative estimate of drug-likeness (QED) is 0.442. The van der Waals surface area contributed by atoms with E-state index in [9.17, 15) is 18.0 Å². The van der Waals surface area contributed by atoms with Crippen molar-refractivity contribution >= 4 is 5.97 Å². The Hall–Kier alpha value is -3.84. The van der Waals surface area contributed by atoms with Crippen molar-refractivity contribution in [3.8, 4) is 11.8 Å². The van der Waals surface area contributed by atoms with E-state index in [4.69, 9.17) is 10.00 Å². The summed E-state index contributed by atoms with van der Waals surface area (Å²) in [5, 5.41) is 9.15. The van der Waals surface area contributed by atoms with Crippen LogP contribution in [0.1, 0.15) is 28.8 Å².